The van der Waals surface area contributed by atoms with Crippen molar-refractivity contribution in [3.8, 4) is 22.9 Å². The highest BCUT2D eigenvalue weighted by molar-refractivity contribution is 6.10. The minimum atomic E-state index is 0.231. The predicted octanol–water partition coefficient (Wildman–Crippen LogP) is 10.2. The number of aromatic hydroxyl groups is 2. The van der Waals surface area contributed by atoms with Gasteiger partial charge in [-0.2, -0.15) is 0 Å². The maximum Gasteiger partial charge on any atom is 0.144 e. The fraction of sp³-hybridized carbons (Fsp3) is 0.0889. The minimum Gasteiger partial charge on any atom is -0.505 e. The van der Waals surface area contributed by atoms with E-state index in [9.17, 15) is 10.2 Å². The second-order valence-corrected chi connectivity index (χ2v) is 13.3. The molecule has 0 atom stereocenters. The zero-order chi connectivity index (χ0) is 34.5. The van der Waals surface area contributed by atoms with Gasteiger partial charge in [0.15, 0.2) is 0 Å². The molecule has 248 valence electrons. The van der Waals surface area contributed by atoms with Gasteiger partial charge in [0.1, 0.15) is 11.5 Å². The van der Waals surface area contributed by atoms with Crippen molar-refractivity contribution in [2.24, 2.45) is 0 Å². The van der Waals surface area contributed by atoms with E-state index in [1.807, 2.05) is 60.7 Å². The monoisotopic (exact) mass is 664 g/mol. The van der Waals surface area contributed by atoms with E-state index in [4.69, 9.17) is 0 Å². The molecule has 0 fully saturated rings. The number of hydrogen-bond acceptors (Lipinski definition) is 4. The van der Waals surface area contributed by atoms with Crippen LogP contribution < -0.4 is 0 Å². The summed E-state index contributed by atoms with van der Waals surface area (Å²) in [5, 5.41) is 28.7. The van der Waals surface area contributed by atoms with E-state index in [1.165, 1.54) is 0 Å². The first-order valence-electron chi connectivity index (χ1n) is 17.3. The molecular formula is C45H36N4O2. The molecule has 0 saturated carbocycles. The van der Waals surface area contributed by atoms with Crippen molar-refractivity contribution in [1.82, 2.24) is 19.0 Å². The third kappa shape index (κ3) is 5.28. The van der Waals surface area contributed by atoms with Gasteiger partial charge >= 0.3 is 0 Å². The number of hydrogen-bond donors (Lipinski definition) is 2. The number of rotatable bonds is 8. The van der Waals surface area contributed by atoms with Crippen LogP contribution in [-0.2, 0) is 19.6 Å². The lowest BCUT2D eigenvalue weighted by molar-refractivity contribution is 0.238. The number of pyridine rings is 1. The molecule has 3 heterocycles. The van der Waals surface area contributed by atoms with Gasteiger partial charge in [0.25, 0.3) is 0 Å². The number of nitrogens with zero attached hydrogens (tertiary/aromatic N) is 4. The highest BCUT2D eigenvalue weighted by Crippen LogP contribution is 2.39. The van der Waals surface area contributed by atoms with Crippen LogP contribution in [0.5, 0.6) is 11.5 Å². The Balaban J connectivity index is 1.14. The van der Waals surface area contributed by atoms with Crippen molar-refractivity contribution in [1.29, 1.82) is 0 Å². The topological polar surface area (TPSA) is 66.5 Å². The lowest BCUT2D eigenvalue weighted by atomic mass is 10.1. The molecule has 6 heteroatoms. The van der Waals surface area contributed by atoms with Crippen molar-refractivity contribution >= 4 is 43.6 Å². The largest absolute Gasteiger partial charge is 0.505 e. The van der Waals surface area contributed by atoms with Crippen LogP contribution in [0, 0.1) is 6.92 Å². The molecule has 0 radical (unpaired) electrons. The van der Waals surface area contributed by atoms with Crippen LogP contribution in [0.4, 0.5) is 0 Å². The van der Waals surface area contributed by atoms with E-state index in [0.29, 0.717) is 19.6 Å². The van der Waals surface area contributed by atoms with Crippen LogP contribution in [0.15, 0.2) is 152 Å². The van der Waals surface area contributed by atoms with Crippen LogP contribution in [-0.4, -0.2) is 29.2 Å². The van der Waals surface area contributed by atoms with Crippen LogP contribution in [0.3, 0.4) is 0 Å². The van der Waals surface area contributed by atoms with Crippen molar-refractivity contribution in [2.75, 3.05) is 0 Å². The Kier molecular flexibility index (Phi) is 7.52. The van der Waals surface area contributed by atoms with Gasteiger partial charge in [-0.15, -0.1) is 0 Å². The van der Waals surface area contributed by atoms with E-state index in [0.717, 1.165) is 77.4 Å². The number of benzene rings is 6. The van der Waals surface area contributed by atoms with Crippen molar-refractivity contribution in [2.45, 2.75) is 26.6 Å². The van der Waals surface area contributed by atoms with Crippen LogP contribution in [0.2, 0.25) is 0 Å². The smallest absolute Gasteiger partial charge is 0.144 e. The lowest BCUT2D eigenvalue weighted by Gasteiger charge is -2.25. The van der Waals surface area contributed by atoms with Gasteiger partial charge in [-0.25, -0.2) is 0 Å². The molecule has 6 aromatic carbocycles. The highest BCUT2D eigenvalue weighted by atomic mass is 16.3. The molecule has 9 rings (SSSR count). The summed E-state index contributed by atoms with van der Waals surface area (Å²) in [5.74, 6) is 0.468. The first-order chi connectivity index (χ1) is 25.0. The quantitative estimate of drug-likeness (QED) is 0.170. The fourth-order valence-electron chi connectivity index (χ4n) is 7.74. The summed E-state index contributed by atoms with van der Waals surface area (Å²) in [6, 6.07) is 49.3. The van der Waals surface area contributed by atoms with E-state index in [1.54, 1.807) is 6.20 Å². The first kappa shape index (κ1) is 30.7. The Hall–Kier alpha value is -6.37. The summed E-state index contributed by atoms with van der Waals surface area (Å²) in [7, 11) is 0. The first-order valence-corrected chi connectivity index (χ1v) is 17.3. The number of phenolic OH excluding ortho intramolecular Hbond substituents is 2. The number of fused-ring (bicyclic) bond motifs is 6. The molecule has 0 aliphatic rings. The molecule has 0 aliphatic carbocycles. The van der Waals surface area contributed by atoms with E-state index >= 15 is 0 Å². The Morgan fingerprint density at radius 2 is 0.980 bits per heavy atom. The van der Waals surface area contributed by atoms with Gasteiger partial charge in [0.2, 0.25) is 0 Å². The normalized spacial score (nSPS) is 11.8. The molecule has 0 spiro atoms. The molecule has 0 amide bonds. The summed E-state index contributed by atoms with van der Waals surface area (Å²) in [5.41, 5.74) is 9.20. The van der Waals surface area contributed by atoms with E-state index in [-0.39, 0.29) is 11.5 Å². The molecule has 9 aromatic rings. The van der Waals surface area contributed by atoms with Crippen molar-refractivity contribution < 1.29 is 10.2 Å². The number of para-hydroxylation sites is 5. The van der Waals surface area contributed by atoms with Gasteiger partial charge in [-0.05, 0) is 61.0 Å². The van der Waals surface area contributed by atoms with Crippen LogP contribution >= 0.6 is 0 Å². The average Bonchev–Trinajstić information content (AvgIpc) is 3.67. The van der Waals surface area contributed by atoms with E-state index in [2.05, 4.69) is 111 Å². The van der Waals surface area contributed by atoms with Crippen LogP contribution in [0.1, 0.15) is 22.4 Å². The molecular weight excluding hydrogens is 629 g/mol. The molecule has 6 nitrogen and oxygen atoms in total. The highest BCUT2D eigenvalue weighted by Gasteiger charge is 2.21. The van der Waals surface area contributed by atoms with Gasteiger partial charge in [0, 0.05) is 58.5 Å². The molecule has 0 aliphatic heterocycles. The molecule has 2 N–H and O–H groups in total. The molecule has 0 unspecified atom stereocenters. The van der Waals surface area contributed by atoms with Gasteiger partial charge in [-0.1, -0.05) is 97.1 Å². The zero-order valence-electron chi connectivity index (χ0n) is 28.2. The maximum atomic E-state index is 12.1. The second-order valence-electron chi connectivity index (χ2n) is 13.3. The molecule has 0 saturated heterocycles. The number of aromatic nitrogens is 3. The summed E-state index contributed by atoms with van der Waals surface area (Å²) >= 11 is 0. The SMILES string of the molecule is Cc1cc(CN(Cc2ccccn2)Cc2cccc(-n3c4ccccc4c4ccccc43)c2O)c(O)c(-n2c3ccccc3c3ccccc32)c1. The Bertz CT molecular complexity index is 2620. The maximum absolute atomic E-state index is 12.1. The number of phenols is 2. The van der Waals surface area contributed by atoms with Crippen molar-refractivity contribution in [3.05, 3.63) is 174 Å². The Morgan fingerprint density at radius 3 is 1.53 bits per heavy atom. The van der Waals surface area contributed by atoms with E-state index < -0.39 is 0 Å². The minimum absolute atomic E-state index is 0.231. The fourth-order valence-corrected chi connectivity index (χ4v) is 7.74. The lowest BCUT2D eigenvalue weighted by Crippen LogP contribution is -2.23. The molecule has 3 aromatic heterocycles. The van der Waals surface area contributed by atoms with Crippen LogP contribution in [0.25, 0.3) is 55.0 Å². The molecule has 0 bridgehead atoms. The molecule has 51 heavy (non-hydrogen) atoms. The third-order valence-electron chi connectivity index (χ3n) is 9.95. The summed E-state index contributed by atoms with van der Waals surface area (Å²) in [4.78, 5) is 6.88. The number of aryl methyl sites for hydroxylation is 1. The average molecular weight is 665 g/mol. The zero-order valence-corrected chi connectivity index (χ0v) is 28.2. The van der Waals surface area contributed by atoms with Gasteiger partial charge in [-0.3, -0.25) is 9.88 Å². The van der Waals surface area contributed by atoms with Gasteiger partial charge in [0.05, 0.1) is 39.1 Å². The third-order valence-corrected chi connectivity index (χ3v) is 9.95. The van der Waals surface area contributed by atoms with Crippen molar-refractivity contribution in [3.63, 3.8) is 0 Å². The second kappa shape index (κ2) is 12.5. The van der Waals surface area contributed by atoms with Gasteiger partial charge < -0.3 is 19.3 Å². The Morgan fingerprint density at radius 1 is 0.490 bits per heavy atom. The standard InChI is InChI=1S/C45H36N4O2/c1-30-25-32(45(51)43(26-30)49-40-21-8-4-17-36(40)37-18-5-9-22-41(37)49)28-47(29-33-14-10-11-24-46-33)27-31-13-12-23-42(44(31)50)48-38-19-6-2-15-34(38)35-16-3-7-20-39(35)48/h2-26,50-51H,27-29H2,1H3. The predicted molar refractivity (Wildman–Crippen MR) is 207 cm³/mol. The Labute approximate surface area is 295 Å². The summed E-state index contributed by atoms with van der Waals surface area (Å²) < 4.78 is 4.32. The summed E-state index contributed by atoms with van der Waals surface area (Å²) in [6.45, 7) is 3.47. The summed E-state index contributed by atoms with van der Waals surface area (Å²) in [6.07, 6.45) is 1.80.